The Hall–Kier alpha value is -1.30. The summed E-state index contributed by atoms with van der Waals surface area (Å²) >= 11 is 5.98. The molecular weight excluding hydrogens is 290 g/mol. The van der Waals surface area contributed by atoms with E-state index in [1.165, 1.54) is 0 Å². The Balaban J connectivity index is 1.96. The molecule has 0 spiro atoms. The van der Waals surface area contributed by atoms with Crippen molar-refractivity contribution in [2.24, 2.45) is 0 Å². The minimum absolute atomic E-state index is 0.0653. The molecule has 0 saturated carbocycles. The van der Waals surface area contributed by atoms with Crippen molar-refractivity contribution in [1.82, 2.24) is 15.1 Å². The lowest BCUT2D eigenvalue weighted by Gasteiger charge is -2.29. The Morgan fingerprint density at radius 3 is 2.81 bits per heavy atom. The number of hydrogen-bond acceptors (Lipinski definition) is 4. The second-order valence-corrected chi connectivity index (χ2v) is 5.60. The molecule has 21 heavy (non-hydrogen) atoms. The number of likely N-dealkylation sites (N-methyl/N-ethyl adjacent to an activating group) is 1. The van der Waals surface area contributed by atoms with Crippen molar-refractivity contribution in [3.8, 4) is 5.75 Å². The van der Waals surface area contributed by atoms with Gasteiger partial charge in [-0.2, -0.15) is 0 Å². The van der Waals surface area contributed by atoms with Gasteiger partial charge in [0.15, 0.2) is 0 Å². The number of nitrogens with zero attached hydrogens (tertiary/aromatic N) is 2. The fourth-order valence-electron chi connectivity index (χ4n) is 2.38. The predicted octanol–water partition coefficient (Wildman–Crippen LogP) is 1.33. The second kappa shape index (κ2) is 7.64. The van der Waals surface area contributed by atoms with Gasteiger partial charge in [0.05, 0.1) is 12.7 Å². The van der Waals surface area contributed by atoms with Crippen molar-refractivity contribution in [3.05, 3.63) is 28.8 Å². The minimum Gasteiger partial charge on any atom is -0.496 e. The molecule has 0 aliphatic carbocycles. The van der Waals surface area contributed by atoms with Gasteiger partial charge in [-0.15, -0.1) is 0 Å². The van der Waals surface area contributed by atoms with Crippen LogP contribution in [-0.4, -0.2) is 69.1 Å². The van der Waals surface area contributed by atoms with Crippen LogP contribution < -0.4 is 10.1 Å². The number of rotatable bonds is 5. The second-order valence-electron chi connectivity index (χ2n) is 5.16. The topological polar surface area (TPSA) is 44.8 Å². The van der Waals surface area contributed by atoms with E-state index in [9.17, 15) is 4.79 Å². The van der Waals surface area contributed by atoms with Gasteiger partial charge in [0.25, 0.3) is 5.91 Å². The first-order valence-corrected chi connectivity index (χ1v) is 7.51. The number of carbonyl (C=O) groups excluding carboxylic acids is 1. The zero-order valence-electron chi connectivity index (χ0n) is 12.6. The minimum atomic E-state index is -0.0653. The van der Waals surface area contributed by atoms with Crippen LogP contribution in [0.3, 0.4) is 0 Å². The first-order chi connectivity index (χ1) is 10.1. The van der Waals surface area contributed by atoms with Gasteiger partial charge in [-0.1, -0.05) is 11.6 Å². The Morgan fingerprint density at radius 2 is 2.14 bits per heavy atom. The lowest BCUT2D eigenvalue weighted by Crippen LogP contribution is -2.46. The number of nitrogens with one attached hydrogen (secondary N) is 1. The van der Waals surface area contributed by atoms with Gasteiger partial charge in [0.1, 0.15) is 5.75 Å². The first-order valence-electron chi connectivity index (χ1n) is 7.14. The SMILES string of the molecule is COc1ccc(Cl)cc1C(=O)N(C)CCN1CCNCC1. The van der Waals surface area contributed by atoms with E-state index in [2.05, 4.69) is 10.2 Å². The third-order valence-corrected chi connectivity index (χ3v) is 3.93. The molecule has 1 N–H and O–H groups in total. The normalized spacial score (nSPS) is 15.8. The zero-order valence-corrected chi connectivity index (χ0v) is 13.3. The molecule has 2 rings (SSSR count). The zero-order chi connectivity index (χ0) is 15.2. The fourth-order valence-corrected chi connectivity index (χ4v) is 2.55. The Kier molecular flexibility index (Phi) is 5.85. The number of piperazine rings is 1. The van der Waals surface area contributed by atoms with E-state index in [4.69, 9.17) is 16.3 Å². The van der Waals surface area contributed by atoms with E-state index in [0.717, 1.165) is 32.7 Å². The third kappa shape index (κ3) is 4.33. The van der Waals surface area contributed by atoms with Crippen LogP contribution in [0.2, 0.25) is 5.02 Å². The molecule has 6 heteroatoms. The molecule has 0 radical (unpaired) electrons. The largest absolute Gasteiger partial charge is 0.496 e. The molecule has 0 unspecified atom stereocenters. The summed E-state index contributed by atoms with van der Waals surface area (Å²) in [5, 5.41) is 3.86. The smallest absolute Gasteiger partial charge is 0.257 e. The summed E-state index contributed by atoms with van der Waals surface area (Å²) in [5.74, 6) is 0.489. The molecule has 116 valence electrons. The van der Waals surface area contributed by atoms with Crippen LogP contribution in [0.5, 0.6) is 5.75 Å². The first kappa shape index (κ1) is 16.1. The molecule has 1 aromatic rings. The number of benzene rings is 1. The van der Waals surface area contributed by atoms with E-state index < -0.39 is 0 Å². The van der Waals surface area contributed by atoms with Crippen LogP contribution >= 0.6 is 11.6 Å². The van der Waals surface area contributed by atoms with Crippen molar-refractivity contribution in [2.75, 3.05) is 53.4 Å². The van der Waals surface area contributed by atoms with Gasteiger partial charge in [0, 0.05) is 51.3 Å². The highest BCUT2D eigenvalue weighted by molar-refractivity contribution is 6.31. The lowest BCUT2D eigenvalue weighted by atomic mass is 10.1. The van der Waals surface area contributed by atoms with Gasteiger partial charge in [-0.3, -0.25) is 9.69 Å². The van der Waals surface area contributed by atoms with Crippen LogP contribution in [0, 0.1) is 0 Å². The highest BCUT2D eigenvalue weighted by Crippen LogP contribution is 2.23. The molecular formula is C15H22ClN3O2. The van der Waals surface area contributed by atoms with Crippen LogP contribution in [0.15, 0.2) is 18.2 Å². The molecule has 1 fully saturated rings. The number of methoxy groups -OCH3 is 1. The van der Waals surface area contributed by atoms with E-state index in [-0.39, 0.29) is 5.91 Å². The molecule has 1 aliphatic heterocycles. The van der Waals surface area contributed by atoms with Gasteiger partial charge in [0.2, 0.25) is 0 Å². The molecule has 1 heterocycles. The monoisotopic (exact) mass is 311 g/mol. The average molecular weight is 312 g/mol. The number of hydrogen-bond donors (Lipinski definition) is 1. The molecule has 1 saturated heterocycles. The summed E-state index contributed by atoms with van der Waals surface area (Å²) in [6.45, 7) is 5.66. The Bertz CT molecular complexity index is 490. The highest BCUT2D eigenvalue weighted by atomic mass is 35.5. The van der Waals surface area contributed by atoms with E-state index >= 15 is 0 Å². The summed E-state index contributed by atoms with van der Waals surface area (Å²) in [4.78, 5) is 16.6. The Morgan fingerprint density at radius 1 is 1.43 bits per heavy atom. The lowest BCUT2D eigenvalue weighted by molar-refractivity contribution is 0.0771. The molecule has 5 nitrogen and oxygen atoms in total. The number of halogens is 1. The van der Waals surface area contributed by atoms with Crippen molar-refractivity contribution in [2.45, 2.75) is 0 Å². The fraction of sp³-hybridized carbons (Fsp3) is 0.533. The highest BCUT2D eigenvalue weighted by Gasteiger charge is 2.18. The quantitative estimate of drug-likeness (QED) is 0.891. The van der Waals surface area contributed by atoms with E-state index in [1.807, 2.05) is 7.05 Å². The van der Waals surface area contributed by atoms with E-state index in [1.54, 1.807) is 30.2 Å². The molecule has 1 aromatic carbocycles. The maximum Gasteiger partial charge on any atom is 0.257 e. The standard InChI is InChI=1S/C15H22ClN3O2/c1-18(9-10-19-7-5-17-6-8-19)15(20)13-11-12(16)3-4-14(13)21-2/h3-4,11,17H,5-10H2,1-2H3. The summed E-state index contributed by atoms with van der Waals surface area (Å²) in [6.07, 6.45) is 0. The molecule has 0 bridgehead atoms. The maximum atomic E-state index is 12.5. The van der Waals surface area contributed by atoms with Crippen LogP contribution in [0.4, 0.5) is 0 Å². The number of carbonyl (C=O) groups is 1. The van der Waals surface area contributed by atoms with Crippen LogP contribution in [0.1, 0.15) is 10.4 Å². The van der Waals surface area contributed by atoms with Crippen molar-refractivity contribution in [3.63, 3.8) is 0 Å². The summed E-state index contributed by atoms with van der Waals surface area (Å²) in [6, 6.07) is 5.10. The molecule has 1 amide bonds. The number of amides is 1. The van der Waals surface area contributed by atoms with Gasteiger partial charge in [-0.05, 0) is 18.2 Å². The van der Waals surface area contributed by atoms with Crippen molar-refractivity contribution in [1.29, 1.82) is 0 Å². The summed E-state index contributed by atoms with van der Waals surface area (Å²) in [5.41, 5.74) is 0.507. The van der Waals surface area contributed by atoms with Gasteiger partial charge >= 0.3 is 0 Å². The molecule has 0 aromatic heterocycles. The third-order valence-electron chi connectivity index (χ3n) is 3.70. The predicted molar refractivity (Wildman–Crippen MR) is 84.3 cm³/mol. The van der Waals surface area contributed by atoms with E-state index in [0.29, 0.717) is 22.9 Å². The summed E-state index contributed by atoms with van der Waals surface area (Å²) < 4.78 is 5.24. The maximum absolute atomic E-state index is 12.5. The van der Waals surface area contributed by atoms with Crippen molar-refractivity contribution < 1.29 is 9.53 Å². The van der Waals surface area contributed by atoms with Crippen molar-refractivity contribution >= 4 is 17.5 Å². The van der Waals surface area contributed by atoms with Crippen LogP contribution in [-0.2, 0) is 0 Å². The van der Waals surface area contributed by atoms with Crippen LogP contribution in [0.25, 0.3) is 0 Å². The molecule has 0 atom stereocenters. The Labute approximate surface area is 130 Å². The molecule has 1 aliphatic rings. The average Bonchev–Trinajstić information content (AvgIpc) is 2.52. The van der Waals surface area contributed by atoms with Gasteiger partial charge < -0.3 is 15.0 Å². The van der Waals surface area contributed by atoms with Gasteiger partial charge in [-0.25, -0.2) is 0 Å². The number of ether oxygens (including phenoxy) is 1. The summed E-state index contributed by atoms with van der Waals surface area (Å²) in [7, 11) is 3.37.